The molecule has 0 aliphatic carbocycles. The normalized spacial score (nSPS) is 10.2. The van der Waals surface area contributed by atoms with Crippen LogP contribution in [0.4, 0.5) is 4.39 Å². The van der Waals surface area contributed by atoms with Crippen LogP contribution in [0.5, 0.6) is 0 Å². The third-order valence-corrected chi connectivity index (χ3v) is 2.50. The van der Waals surface area contributed by atoms with Gasteiger partial charge in [0.2, 0.25) is 5.95 Å². The Balaban J connectivity index is 1.84. The maximum Gasteiger partial charge on any atom is 0.356 e. The van der Waals surface area contributed by atoms with Crippen LogP contribution >= 0.6 is 0 Å². The molecule has 0 atom stereocenters. The summed E-state index contributed by atoms with van der Waals surface area (Å²) in [7, 11) is 0. The largest absolute Gasteiger partial charge is 0.476 e. The Hall–Kier alpha value is -2.77. The molecule has 20 heavy (non-hydrogen) atoms. The highest BCUT2D eigenvalue weighted by Crippen LogP contribution is 1.99. The first-order valence-corrected chi connectivity index (χ1v) is 5.71. The maximum atomic E-state index is 12.6. The zero-order valence-electron chi connectivity index (χ0n) is 10.3. The molecule has 2 heterocycles. The van der Waals surface area contributed by atoms with Crippen LogP contribution in [0.2, 0.25) is 0 Å². The van der Waals surface area contributed by atoms with Crippen molar-refractivity contribution in [3.63, 3.8) is 0 Å². The Bertz CT molecular complexity index is 624. The molecular formula is C12H11FN4O3. The van der Waals surface area contributed by atoms with Gasteiger partial charge in [0.1, 0.15) is 0 Å². The predicted molar refractivity (Wildman–Crippen MR) is 65.7 cm³/mol. The number of rotatable bonds is 5. The zero-order chi connectivity index (χ0) is 14.5. The lowest BCUT2D eigenvalue weighted by atomic mass is 10.2. The second-order valence-corrected chi connectivity index (χ2v) is 3.93. The van der Waals surface area contributed by atoms with E-state index in [0.29, 0.717) is 6.54 Å². The molecule has 0 radical (unpaired) electrons. The molecule has 0 saturated heterocycles. The van der Waals surface area contributed by atoms with Crippen molar-refractivity contribution in [2.75, 3.05) is 6.54 Å². The summed E-state index contributed by atoms with van der Waals surface area (Å²) in [5, 5.41) is 11.3. The molecular weight excluding hydrogens is 267 g/mol. The van der Waals surface area contributed by atoms with Gasteiger partial charge in [-0.2, -0.15) is 4.39 Å². The van der Waals surface area contributed by atoms with E-state index in [1.54, 1.807) is 4.57 Å². The van der Waals surface area contributed by atoms with Gasteiger partial charge in [-0.15, -0.1) is 0 Å². The van der Waals surface area contributed by atoms with Gasteiger partial charge >= 0.3 is 5.97 Å². The number of pyridine rings is 1. The molecule has 0 aliphatic heterocycles. The molecule has 0 aromatic carbocycles. The molecule has 2 aromatic heterocycles. The van der Waals surface area contributed by atoms with Gasteiger partial charge in [-0.25, -0.2) is 14.8 Å². The molecule has 104 valence electrons. The number of halogens is 1. The van der Waals surface area contributed by atoms with Crippen molar-refractivity contribution in [3.8, 4) is 0 Å². The summed E-state index contributed by atoms with van der Waals surface area (Å²) in [6.07, 6.45) is 3.88. The van der Waals surface area contributed by atoms with Crippen LogP contribution in [-0.4, -0.2) is 38.1 Å². The SMILES string of the molecule is O=C(NCCn1cnc(C(=O)O)c1)c1ccc(F)nc1. The number of aromatic nitrogens is 3. The molecule has 0 saturated carbocycles. The first-order valence-electron chi connectivity index (χ1n) is 5.71. The molecule has 0 aliphatic rings. The van der Waals surface area contributed by atoms with E-state index >= 15 is 0 Å². The number of carbonyl (C=O) groups excluding carboxylic acids is 1. The first kappa shape index (κ1) is 13.7. The number of aromatic carboxylic acids is 1. The monoisotopic (exact) mass is 278 g/mol. The first-order chi connectivity index (χ1) is 9.56. The average Bonchev–Trinajstić information content (AvgIpc) is 2.88. The Morgan fingerprint density at radius 3 is 2.75 bits per heavy atom. The van der Waals surface area contributed by atoms with Crippen LogP contribution < -0.4 is 5.32 Å². The van der Waals surface area contributed by atoms with E-state index in [1.165, 1.54) is 18.6 Å². The highest BCUT2D eigenvalue weighted by molar-refractivity contribution is 5.93. The number of nitrogens with zero attached hydrogens (tertiary/aromatic N) is 3. The van der Waals surface area contributed by atoms with E-state index in [1.807, 2.05) is 0 Å². The van der Waals surface area contributed by atoms with Crippen molar-refractivity contribution in [1.82, 2.24) is 19.9 Å². The number of hydrogen-bond donors (Lipinski definition) is 2. The minimum atomic E-state index is -1.11. The van der Waals surface area contributed by atoms with Crippen LogP contribution in [0.15, 0.2) is 30.9 Å². The number of amides is 1. The molecule has 2 rings (SSSR count). The summed E-state index contributed by atoms with van der Waals surface area (Å²) in [5.41, 5.74) is 0.197. The van der Waals surface area contributed by atoms with Gasteiger partial charge in [-0.05, 0) is 12.1 Å². The van der Waals surface area contributed by atoms with Gasteiger partial charge < -0.3 is 15.0 Å². The van der Waals surface area contributed by atoms with E-state index in [2.05, 4.69) is 15.3 Å². The minimum absolute atomic E-state index is 0.0564. The Morgan fingerprint density at radius 1 is 1.35 bits per heavy atom. The van der Waals surface area contributed by atoms with Crippen molar-refractivity contribution in [1.29, 1.82) is 0 Å². The highest BCUT2D eigenvalue weighted by Gasteiger charge is 2.08. The molecule has 0 fully saturated rings. The average molecular weight is 278 g/mol. The molecule has 0 unspecified atom stereocenters. The fourth-order valence-electron chi connectivity index (χ4n) is 1.50. The van der Waals surface area contributed by atoms with E-state index in [0.717, 1.165) is 12.3 Å². The fourth-order valence-corrected chi connectivity index (χ4v) is 1.50. The second kappa shape index (κ2) is 5.91. The van der Waals surface area contributed by atoms with Crippen LogP contribution in [0.25, 0.3) is 0 Å². The lowest BCUT2D eigenvalue weighted by Gasteiger charge is -2.05. The van der Waals surface area contributed by atoms with E-state index < -0.39 is 11.9 Å². The Labute approximate surface area is 113 Å². The Kier molecular flexibility index (Phi) is 4.04. The molecule has 0 spiro atoms. The third kappa shape index (κ3) is 3.37. The van der Waals surface area contributed by atoms with Gasteiger partial charge in [0.25, 0.3) is 5.91 Å². The lowest BCUT2D eigenvalue weighted by Crippen LogP contribution is -2.27. The number of carboxylic acids is 1. The summed E-state index contributed by atoms with van der Waals surface area (Å²) in [6, 6.07) is 2.43. The Morgan fingerprint density at radius 2 is 2.15 bits per heavy atom. The van der Waals surface area contributed by atoms with Crippen LogP contribution in [0, 0.1) is 5.95 Å². The lowest BCUT2D eigenvalue weighted by molar-refractivity contribution is 0.0690. The van der Waals surface area contributed by atoms with E-state index in [9.17, 15) is 14.0 Å². The van der Waals surface area contributed by atoms with Crippen molar-refractivity contribution in [2.24, 2.45) is 0 Å². The number of imidazole rings is 1. The van der Waals surface area contributed by atoms with Crippen molar-refractivity contribution >= 4 is 11.9 Å². The minimum Gasteiger partial charge on any atom is -0.476 e. The number of hydrogen-bond acceptors (Lipinski definition) is 4. The second-order valence-electron chi connectivity index (χ2n) is 3.93. The molecule has 0 bridgehead atoms. The molecule has 2 aromatic rings. The zero-order valence-corrected chi connectivity index (χ0v) is 10.3. The van der Waals surface area contributed by atoms with Crippen LogP contribution in [0.3, 0.4) is 0 Å². The van der Waals surface area contributed by atoms with Gasteiger partial charge in [0, 0.05) is 25.5 Å². The van der Waals surface area contributed by atoms with Gasteiger partial charge in [0.05, 0.1) is 11.9 Å². The van der Waals surface area contributed by atoms with Crippen LogP contribution in [0.1, 0.15) is 20.8 Å². The quantitative estimate of drug-likeness (QED) is 0.778. The van der Waals surface area contributed by atoms with E-state index in [4.69, 9.17) is 5.11 Å². The standard InChI is InChI=1S/C12H11FN4O3/c13-10-2-1-8(5-15-10)11(18)14-3-4-17-6-9(12(19)20)16-7-17/h1-2,5-7H,3-4H2,(H,14,18)(H,19,20). The predicted octanol–water partition coefficient (Wildman–Crippen LogP) is 0.545. The van der Waals surface area contributed by atoms with Crippen LogP contribution in [-0.2, 0) is 6.54 Å². The van der Waals surface area contributed by atoms with Crippen molar-refractivity contribution < 1.29 is 19.1 Å². The number of carbonyl (C=O) groups is 2. The van der Waals surface area contributed by atoms with Crippen molar-refractivity contribution in [2.45, 2.75) is 6.54 Å². The van der Waals surface area contributed by atoms with Crippen molar-refractivity contribution in [3.05, 3.63) is 48.1 Å². The maximum absolute atomic E-state index is 12.6. The number of carboxylic acid groups (broad SMARTS) is 1. The van der Waals surface area contributed by atoms with E-state index in [-0.39, 0.29) is 23.7 Å². The van der Waals surface area contributed by atoms with Gasteiger partial charge in [0.15, 0.2) is 5.69 Å². The van der Waals surface area contributed by atoms with Gasteiger partial charge in [-0.3, -0.25) is 4.79 Å². The summed E-state index contributed by atoms with van der Waals surface area (Å²) < 4.78 is 14.1. The molecule has 7 nitrogen and oxygen atoms in total. The molecule has 1 amide bonds. The van der Waals surface area contributed by atoms with Gasteiger partial charge in [-0.1, -0.05) is 0 Å². The smallest absolute Gasteiger partial charge is 0.356 e. The summed E-state index contributed by atoms with van der Waals surface area (Å²) in [6.45, 7) is 0.659. The summed E-state index contributed by atoms with van der Waals surface area (Å²) in [5.74, 6) is -2.14. The highest BCUT2D eigenvalue weighted by atomic mass is 19.1. The summed E-state index contributed by atoms with van der Waals surface area (Å²) >= 11 is 0. The molecule has 2 N–H and O–H groups in total. The summed E-state index contributed by atoms with van der Waals surface area (Å²) in [4.78, 5) is 29.4. The molecule has 8 heteroatoms. The topological polar surface area (TPSA) is 97.1 Å². The number of nitrogens with one attached hydrogen (secondary N) is 1. The fraction of sp³-hybridized carbons (Fsp3) is 0.167. The third-order valence-electron chi connectivity index (χ3n) is 2.50.